The normalized spacial score (nSPS) is 9.35. The molecule has 0 aromatic carbocycles. The SMILES string of the molecule is C=C(C)C(=O)O.C=C(CC)C(=O)OC(=O)/C=C\C(=O)OC(=O)C(=C)CC. The van der Waals surface area contributed by atoms with Gasteiger partial charge < -0.3 is 14.6 Å². The molecule has 0 unspecified atom stereocenters. The minimum absolute atomic E-state index is 0.128. The zero-order valence-corrected chi connectivity index (χ0v) is 15.0. The molecule has 0 aliphatic rings. The molecule has 0 saturated carbocycles. The highest BCUT2D eigenvalue weighted by Gasteiger charge is 2.13. The molecule has 0 aromatic heterocycles. The van der Waals surface area contributed by atoms with Gasteiger partial charge in [0.05, 0.1) is 0 Å². The van der Waals surface area contributed by atoms with Gasteiger partial charge in [-0.25, -0.2) is 24.0 Å². The van der Waals surface area contributed by atoms with E-state index in [9.17, 15) is 24.0 Å². The van der Waals surface area contributed by atoms with Crippen molar-refractivity contribution in [2.45, 2.75) is 33.6 Å². The van der Waals surface area contributed by atoms with E-state index in [2.05, 4.69) is 29.2 Å². The highest BCUT2D eigenvalue weighted by atomic mass is 16.6. The number of rotatable bonds is 7. The number of ether oxygens (including phenoxy) is 2. The third-order valence-corrected chi connectivity index (χ3v) is 2.54. The number of carbonyl (C=O) groups excluding carboxylic acids is 4. The summed E-state index contributed by atoms with van der Waals surface area (Å²) in [6.07, 6.45) is 2.05. The maximum absolute atomic E-state index is 11.2. The first-order chi connectivity index (χ1) is 12.0. The molecule has 0 saturated heterocycles. The Labute approximate surface area is 151 Å². The average Bonchev–Trinajstić information content (AvgIpc) is 2.58. The van der Waals surface area contributed by atoms with Crippen LogP contribution in [-0.2, 0) is 33.4 Å². The van der Waals surface area contributed by atoms with Crippen molar-refractivity contribution in [1.29, 1.82) is 0 Å². The van der Waals surface area contributed by atoms with Crippen molar-refractivity contribution in [3.63, 3.8) is 0 Å². The summed E-state index contributed by atoms with van der Waals surface area (Å²) in [6.45, 7) is 14.7. The van der Waals surface area contributed by atoms with Crippen molar-refractivity contribution in [1.82, 2.24) is 0 Å². The largest absolute Gasteiger partial charge is 0.478 e. The summed E-state index contributed by atoms with van der Waals surface area (Å²) in [5, 5.41) is 7.89. The number of aliphatic carboxylic acids is 1. The first-order valence-electron chi connectivity index (χ1n) is 7.40. The molecule has 0 aliphatic carbocycles. The van der Waals surface area contributed by atoms with E-state index in [4.69, 9.17) is 5.11 Å². The Hall–Kier alpha value is -3.29. The Bertz CT molecular complexity index is 596. The van der Waals surface area contributed by atoms with E-state index in [-0.39, 0.29) is 16.7 Å². The second kappa shape index (κ2) is 13.1. The summed E-state index contributed by atoms with van der Waals surface area (Å²) in [7, 11) is 0. The molecule has 0 bridgehead atoms. The van der Waals surface area contributed by atoms with Crippen molar-refractivity contribution in [2.75, 3.05) is 0 Å². The fourth-order valence-electron chi connectivity index (χ4n) is 0.820. The van der Waals surface area contributed by atoms with Gasteiger partial charge in [-0.3, -0.25) is 0 Å². The quantitative estimate of drug-likeness (QED) is 0.413. The van der Waals surface area contributed by atoms with Gasteiger partial charge in [0.25, 0.3) is 0 Å². The zero-order valence-electron chi connectivity index (χ0n) is 15.0. The molecule has 142 valence electrons. The summed E-state index contributed by atoms with van der Waals surface area (Å²) >= 11 is 0. The van der Waals surface area contributed by atoms with Gasteiger partial charge in [0.2, 0.25) is 0 Å². The first kappa shape index (κ1) is 25.0. The molecule has 0 aromatic rings. The van der Waals surface area contributed by atoms with E-state index in [0.717, 1.165) is 0 Å². The second-order valence-electron chi connectivity index (χ2n) is 4.75. The molecule has 0 atom stereocenters. The summed E-state index contributed by atoms with van der Waals surface area (Å²) < 4.78 is 8.71. The number of carboxylic acid groups (broad SMARTS) is 1. The van der Waals surface area contributed by atoms with E-state index in [1.54, 1.807) is 13.8 Å². The topological polar surface area (TPSA) is 124 Å². The van der Waals surface area contributed by atoms with Gasteiger partial charge in [0, 0.05) is 28.9 Å². The van der Waals surface area contributed by atoms with Crippen LogP contribution in [0.25, 0.3) is 0 Å². The Morgan fingerprint density at radius 1 is 0.808 bits per heavy atom. The van der Waals surface area contributed by atoms with Gasteiger partial charge in [0.15, 0.2) is 0 Å². The van der Waals surface area contributed by atoms with E-state index < -0.39 is 29.8 Å². The minimum Gasteiger partial charge on any atom is -0.478 e. The maximum atomic E-state index is 11.2. The Balaban J connectivity index is 0. The molecule has 8 nitrogen and oxygen atoms in total. The predicted molar refractivity (Wildman–Crippen MR) is 92.6 cm³/mol. The van der Waals surface area contributed by atoms with Crippen LogP contribution in [0.4, 0.5) is 0 Å². The molecule has 0 fully saturated rings. The van der Waals surface area contributed by atoms with Crippen molar-refractivity contribution in [3.05, 3.63) is 48.6 Å². The van der Waals surface area contributed by atoms with Crippen LogP contribution in [-0.4, -0.2) is 35.0 Å². The van der Waals surface area contributed by atoms with E-state index in [1.807, 2.05) is 0 Å². The lowest BCUT2D eigenvalue weighted by Crippen LogP contribution is -2.14. The first-order valence-corrected chi connectivity index (χ1v) is 7.40. The van der Waals surface area contributed by atoms with Crippen LogP contribution in [0, 0.1) is 0 Å². The lowest BCUT2D eigenvalue weighted by atomic mass is 10.2. The van der Waals surface area contributed by atoms with Crippen molar-refractivity contribution in [2.24, 2.45) is 0 Å². The third-order valence-electron chi connectivity index (χ3n) is 2.54. The second-order valence-corrected chi connectivity index (χ2v) is 4.75. The van der Waals surface area contributed by atoms with Crippen LogP contribution in [0.3, 0.4) is 0 Å². The fourth-order valence-corrected chi connectivity index (χ4v) is 0.820. The number of carbonyl (C=O) groups is 5. The Morgan fingerprint density at radius 2 is 1.08 bits per heavy atom. The summed E-state index contributed by atoms with van der Waals surface area (Å²) in [5.41, 5.74) is 0.433. The molecule has 0 amide bonds. The van der Waals surface area contributed by atoms with Gasteiger partial charge in [0.1, 0.15) is 0 Å². The predicted octanol–water partition coefficient (Wildman–Crippen LogP) is 2.26. The highest BCUT2D eigenvalue weighted by molar-refractivity contribution is 6.03. The highest BCUT2D eigenvalue weighted by Crippen LogP contribution is 2.02. The van der Waals surface area contributed by atoms with E-state index >= 15 is 0 Å². The van der Waals surface area contributed by atoms with Crippen LogP contribution < -0.4 is 0 Å². The molecule has 1 N–H and O–H groups in total. The molecule has 0 radical (unpaired) electrons. The van der Waals surface area contributed by atoms with Crippen molar-refractivity contribution in [3.8, 4) is 0 Å². The maximum Gasteiger partial charge on any atom is 0.341 e. The van der Waals surface area contributed by atoms with Crippen LogP contribution in [0.2, 0.25) is 0 Å². The van der Waals surface area contributed by atoms with Crippen LogP contribution in [0.15, 0.2) is 48.6 Å². The Morgan fingerprint density at radius 3 is 1.27 bits per heavy atom. The number of hydrogen-bond acceptors (Lipinski definition) is 7. The molecule has 8 heteroatoms. The summed E-state index contributed by atoms with van der Waals surface area (Å²) in [4.78, 5) is 54.3. The number of esters is 4. The smallest absolute Gasteiger partial charge is 0.341 e. The van der Waals surface area contributed by atoms with Crippen molar-refractivity contribution >= 4 is 29.8 Å². The molecule has 0 aliphatic heterocycles. The number of carboxylic acids is 1. The Kier molecular flexibility index (Phi) is 12.5. The van der Waals surface area contributed by atoms with Crippen LogP contribution in [0.5, 0.6) is 0 Å². The monoisotopic (exact) mass is 366 g/mol. The minimum atomic E-state index is -1.05. The lowest BCUT2D eigenvalue weighted by molar-refractivity contribution is -0.156. The zero-order chi connectivity index (χ0) is 20.9. The molecule has 0 rings (SSSR count). The molecular formula is C18H22O8. The van der Waals surface area contributed by atoms with Gasteiger partial charge in [-0.05, 0) is 19.8 Å². The lowest BCUT2D eigenvalue weighted by Gasteiger charge is -2.01. The molecule has 0 spiro atoms. The summed E-state index contributed by atoms with van der Waals surface area (Å²) in [6, 6.07) is 0. The van der Waals surface area contributed by atoms with Crippen molar-refractivity contribution < 1.29 is 38.6 Å². The molecule has 26 heavy (non-hydrogen) atoms. The summed E-state index contributed by atoms with van der Waals surface area (Å²) in [5.74, 6) is -4.78. The average molecular weight is 366 g/mol. The standard InChI is InChI=1S/C14H16O6.C4H6O2/c1-5-9(3)13(17)19-11(15)7-8-12(16)20-14(18)10(4)6-2;1-3(2)4(5)6/h7-8H,3-6H2,1-2H3;1H2,2H3,(H,5,6)/b8-7-;. The van der Waals surface area contributed by atoms with Crippen LogP contribution in [0.1, 0.15) is 33.6 Å². The number of hydrogen-bond donors (Lipinski definition) is 1. The fraction of sp³-hybridized carbons (Fsp3) is 0.278. The molecule has 0 heterocycles. The van der Waals surface area contributed by atoms with Gasteiger partial charge >= 0.3 is 29.8 Å². The van der Waals surface area contributed by atoms with Crippen LogP contribution >= 0.6 is 0 Å². The van der Waals surface area contributed by atoms with Gasteiger partial charge in [-0.2, -0.15) is 0 Å². The van der Waals surface area contributed by atoms with E-state index in [0.29, 0.717) is 25.0 Å². The molecular weight excluding hydrogens is 344 g/mol. The van der Waals surface area contributed by atoms with E-state index in [1.165, 1.54) is 6.92 Å². The van der Waals surface area contributed by atoms with Gasteiger partial charge in [-0.15, -0.1) is 0 Å². The third kappa shape index (κ3) is 12.2. The van der Waals surface area contributed by atoms with Gasteiger partial charge in [-0.1, -0.05) is 33.6 Å².